The molecule has 78 valence electrons. The van der Waals surface area contributed by atoms with E-state index in [4.69, 9.17) is 16.9 Å². The van der Waals surface area contributed by atoms with Gasteiger partial charge in [-0.05, 0) is 29.8 Å². The first-order valence-corrected chi connectivity index (χ1v) is 4.81. The largest absolute Gasteiger partial charge is 0.399 e. The van der Waals surface area contributed by atoms with Gasteiger partial charge in [-0.2, -0.15) is 0 Å². The molecule has 16 heavy (non-hydrogen) atoms. The van der Waals surface area contributed by atoms with Crippen LogP contribution >= 0.6 is 0 Å². The fourth-order valence-corrected chi connectivity index (χ4v) is 1.54. The van der Waals surface area contributed by atoms with Crippen LogP contribution in [0.15, 0.2) is 42.5 Å². The lowest BCUT2D eigenvalue weighted by Crippen LogP contribution is -1.86. The fraction of sp³-hybridized carbons (Fsp3) is 0. The Bertz CT molecular complexity index is 552. The zero-order valence-electron chi connectivity index (χ0n) is 8.59. The molecule has 0 radical (unpaired) electrons. The molecule has 0 saturated heterocycles. The second kappa shape index (κ2) is 3.91. The molecule has 0 aliphatic rings. The molecule has 2 aromatic carbocycles. The molecule has 4 heteroatoms. The Balaban J connectivity index is 2.56. The zero-order valence-corrected chi connectivity index (χ0v) is 8.59. The van der Waals surface area contributed by atoms with Crippen molar-refractivity contribution in [2.45, 2.75) is 0 Å². The summed E-state index contributed by atoms with van der Waals surface area (Å²) in [6.07, 6.45) is 0. The van der Waals surface area contributed by atoms with E-state index in [0.29, 0.717) is 17.1 Å². The van der Waals surface area contributed by atoms with E-state index in [1.54, 1.807) is 24.3 Å². The minimum absolute atomic E-state index is 0.449. The Labute approximate surface area is 93.1 Å². The summed E-state index contributed by atoms with van der Waals surface area (Å²) in [6, 6.07) is 12.5. The van der Waals surface area contributed by atoms with Gasteiger partial charge >= 0.3 is 5.69 Å². The molecule has 0 atom stereocenters. The van der Waals surface area contributed by atoms with Gasteiger partial charge in [-0.15, -0.1) is 0 Å². The van der Waals surface area contributed by atoms with Gasteiger partial charge in [0.1, 0.15) is 0 Å². The standard InChI is InChI=1S/C12H10N4/c13-9-3-1-8(2-4-9)11-6-5-10(14)7-12(11)16-15/h1-7,13-15H/p+1. The first kappa shape index (κ1) is 9.99. The Kier molecular flexibility index (Phi) is 2.44. The third kappa shape index (κ3) is 1.79. The first-order valence-electron chi connectivity index (χ1n) is 4.81. The van der Waals surface area contributed by atoms with Crippen LogP contribution in [0.25, 0.3) is 16.1 Å². The lowest BCUT2D eigenvalue weighted by molar-refractivity contribution is 1.46. The second-order valence-electron chi connectivity index (χ2n) is 3.50. The van der Waals surface area contributed by atoms with Crippen LogP contribution in [0.3, 0.4) is 0 Å². The van der Waals surface area contributed by atoms with E-state index in [2.05, 4.69) is 4.98 Å². The maximum Gasteiger partial charge on any atom is 0.394 e. The van der Waals surface area contributed by atoms with E-state index < -0.39 is 0 Å². The third-order valence-electron chi connectivity index (χ3n) is 2.35. The minimum Gasteiger partial charge on any atom is -0.399 e. The Morgan fingerprint density at radius 2 is 1.50 bits per heavy atom. The zero-order chi connectivity index (χ0) is 11.5. The van der Waals surface area contributed by atoms with E-state index in [0.717, 1.165) is 11.1 Å². The maximum absolute atomic E-state index is 8.90. The topological polar surface area (TPSA) is 80.2 Å². The molecule has 0 fully saturated rings. The highest BCUT2D eigenvalue weighted by Gasteiger charge is 2.15. The van der Waals surface area contributed by atoms with Crippen molar-refractivity contribution in [2.24, 2.45) is 0 Å². The average molecular weight is 211 g/mol. The van der Waals surface area contributed by atoms with E-state index in [1.807, 2.05) is 18.2 Å². The van der Waals surface area contributed by atoms with Crippen LogP contribution < -0.4 is 11.5 Å². The average Bonchev–Trinajstić information content (AvgIpc) is 2.30. The van der Waals surface area contributed by atoms with E-state index in [-0.39, 0.29) is 0 Å². The van der Waals surface area contributed by atoms with Crippen LogP contribution in [0.2, 0.25) is 0 Å². The van der Waals surface area contributed by atoms with Gasteiger partial charge in [0.15, 0.2) is 4.98 Å². The molecule has 0 unspecified atom stereocenters. The molecule has 0 heterocycles. The summed E-state index contributed by atoms with van der Waals surface area (Å²) in [5.74, 6) is 0. The molecular weight excluding hydrogens is 200 g/mol. The van der Waals surface area contributed by atoms with Crippen molar-refractivity contribution in [2.75, 3.05) is 11.5 Å². The molecule has 0 saturated carbocycles. The lowest BCUT2D eigenvalue weighted by Gasteiger charge is -2.00. The smallest absolute Gasteiger partial charge is 0.394 e. The summed E-state index contributed by atoms with van der Waals surface area (Å²) in [4.78, 5) is 3.22. The molecule has 4 N–H and O–H groups in total. The summed E-state index contributed by atoms with van der Waals surface area (Å²) in [7, 11) is 0. The summed E-state index contributed by atoms with van der Waals surface area (Å²) >= 11 is 0. The highest BCUT2D eigenvalue weighted by Crippen LogP contribution is 2.32. The van der Waals surface area contributed by atoms with Crippen molar-refractivity contribution in [1.82, 2.24) is 0 Å². The number of diazo groups is 1. The monoisotopic (exact) mass is 211 g/mol. The Hall–Kier alpha value is -2.54. The van der Waals surface area contributed by atoms with Gasteiger partial charge < -0.3 is 11.5 Å². The summed E-state index contributed by atoms with van der Waals surface area (Å²) in [6.45, 7) is 0. The molecule has 2 aromatic rings. The number of nitrogen functional groups attached to an aromatic ring is 2. The molecule has 0 aliphatic carbocycles. The fourth-order valence-electron chi connectivity index (χ4n) is 1.54. The van der Waals surface area contributed by atoms with E-state index >= 15 is 0 Å². The van der Waals surface area contributed by atoms with E-state index in [9.17, 15) is 0 Å². The number of rotatable bonds is 1. The van der Waals surface area contributed by atoms with Crippen molar-refractivity contribution in [1.29, 1.82) is 5.39 Å². The van der Waals surface area contributed by atoms with Gasteiger partial charge in [0.2, 0.25) is 5.39 Å². The van der Waals surface area contributed by atoms with Gasteiger partial charge in [-0.1, -0.05) is 12.1 Å². The van der Waals surface area contributed by atoms with Crippen LogP contribution in [-0.2, 0) is 0 Å². The molecule has 0 aromatic heterocycles. The first-order chi connectivity index (χ1) is 7.70. The number of benzene rings is 2. The minimum atomic E-state index is 0.449. The Morgan fingerprint density at radius 1 is 0.875 bits per heavy atom. The molecule has 0 aliphatic heterocycles. The van der Waals surface area contributed by atoms with Gasteiger partial charge in [-0.3, -0.25) is 0 Å². The summed E-state index contributed by atoms with van der Waals surface area (Å²) in [5, 5.41) is 8.90. The quantitative estimate of drug-likeness (QED) is 0.562. The second-order valence-corrected chi connectivity index (χ2v) is 3.50. The van der Waals surface area contributed by atoms with Gasteiger partial charge in [-0.25, -0.2) is 0 Å². The van der Waals surface area contributed by atoms with Crippen LogP contribution in [0.1, 0.15) is 0 Å². The third-order valence-corrected chi connectivity index (χ3v) is 2.35. The molecule has 0 spiro atoms. The van der Waals surface area contributed by atoms with Crippen molar-refractivity contribution >= 4 is 17.1 Å². The predicted octanol–water partition coefficient (Wildman–Crippen LogP) is 3.00. The molecule has 0 bridgehead atoms. The van der Waals surface area contributed by atoms with Gasteiger partial charge in [0, 0.05) is 11.4 Å². The van der Waals surface area contributed by atoms with Crippen molar-refractivity contribution in [3.63, 3.8) is 0 Å². The Morgan fingerprint density at radius 3 is 2.12 bits per heavy atom. The van der Waals surface area contributed by atoms with Crippen LogP contribution in [0, 0.1) is 5.39 Å². The molecule has 0 amide bonds. The number of hydrogen-bond acceptors (Lipinski definition) is 3. The van der Waals surface area contributed by atoms with Crippen molar-refractivity contribution in [3.8, 4) is 11.1 Å². The summed E-state index contributed by atoms with van der Waals surface area (Å²) < 4.78 is 0. The predicted molar refractivity (Wildman–Crippen MR) is 65.4 cm³/mol. The number of anilines is 2. The normalized spacial score (nSPS) is 9.69. The van der Waals surface area contributed by atoms with Crippen LogP contribution in [0.4, 0.5) is 17.1 Å². The highest BCUT2D eigenvalue weighted by atomic mass is 14.9. The van der Waals surface area contributed by atoms with Crippen molar-refractivity contribution in [3.05, 3.63) is 47.4 Å². The van der Waals surface area contributed by atoms with Crippen LogP contribution in [-0.4, -0.2) is 0 Å². The number of nitrogens with two attached hydrogens (primary N) is 2. The van der Waals surface area contributed by atoms with Crippen LogP contribution in [0.5, 0.6) is 0 Å². The lowest BCUT2D eigenvalue weighted by atomic mass is 10.0. The highest BCUT2D eigenvalue weighted by molar-refractivity contribution is 5.81. The number of nitrogens with zero attached hydrogens (tertiary/aromatic N) is 2. The SMILES string of the molecule is N#[N+]c1cc(N)ccc1-c1ccc(N)cc1. The number of hydrogen-bond donors (Lipinski definition) is 2. The van der Waals surface area contributed by atoms with E-state index in [1.165, 1.54) is 0 Å². The molecule has 2 rings (SSSR count). The summed E-state index contributed by atoms with van der Waals surface area (Å²) in [5.41, 5.74) is 14.7. The molecular formula is C12H11N4+. The van der Waals surface area contributed by atoms with Crippen molar-refractivity contribution < 1.29 is 0 Å². The maximum atomic E-state index is 8.90. The molecule has 4 nitrogen and oxygen atoms in total. The van der Waals surface area contributed by atoms with Gasteiger partial charge in [0.05, 0.1) is 11.6 Å². The van der Waals surface area contributed by atoms with Gasteiger partial charge in [0.25, 0.3) is 0 Å².